The minimum Gasteiger partial charge on any atom is -0.373 e. The highest BCUT2D eigenvalue weighted by Gasteiger charge is 2.44. The number of carbonyl (C=O) groups excluding carboxylic acids is 1. The normalized spacial score (nSPS) is 21.1. The van der Waals surface area contributed by atoms with Gasteiger partial charge >= 0.3 is 0 Å². The van der Waals surface area contributed by atoms with Crippen molar-refractivity contribution in [1.82, 2.24) is 14.9 Å². The minimum absolute atomic E-state index is 0.0336. The molecular formula is C22H28N4O2. The van der Waals surface area contributed by atoms with Gasteiger partial charge in [-0.2, -0.15) is 0 Å². The van der Waals surface area contributed by atoms with E-state index in [2.05, 4.69) is 53.1 Å². The second kappa shape index (κ2) is 7.51. The maximum Gasteiger partial charge on any atom is 0.274 e. The zero-order chi connectivity index (χ0) is 19.7. The molecule has 2 saturated heterocycles. The third-order valence-electron chi connectivity index (χ3n) is 6.14. The molecule has 148 valence electrons. The quantitative estimate of drug-likeness (QED) is 0.819. The summed E-state index contributed by atoms with van der Waals surface area (Å²) < 4.78 is 6.30. The molecule has 0 bridgehead atoms. The predicted octanol–water partition coefficient (Wildman–Crippen LogP) is 2.99. The number of benzene rings is 1. The lowest BCUT2D eigenvalue weighted by atomic mass is 9.87. The van der Waals surface area contributed by atoms with Crippen LogP contribution in [0.1, 0.15) is 41.0 Å². The molecule has 1 atom stereocenters. The number of likely N-dealkylation sites (N-methyl/N-ethyl adjacent to an activating group) is 1. The van der Waals surface area contributed by atoms with E-state index in [1.54, 1.807) is 12.4 Å². The summed E-state index contributed by atoms with van der Waals surface area (Å²) in [7, 11) is 2.15. The van der Waals surface area contributed by atoms with Crippen LogP contribution in [0, 0.1) is 13.8 Å². The van der Waals surface area contributed by atoms with Crippen LogP contribution >= 0.6 is 0 Å². The highest BCUT2D eigenvalue weighted by atomic mass is 16.5. The minimum atomic E-state index is -0.112. The van der Waals surface area contributed by atoms with Crippen molar-refractivity contribution in [3.05, 3.63) is 53.6 Å². The van der Waals surface area contributed by atoms with Gasteiger partial charge in [0.15, 0.2) is 0 Å². The van der Waals surface area contributed by atoms with Crippen LogP contribution in [0.4, 0.5) is 5.69 Å². The molecule has 28 heavy (non-hydrogen) atoms. The predicted molar refractivity (Wildman–Crippen MR) is 109 cm³/mol. The van der Waals surface area contributed by atoms with Crippen molar-refractivity contribution >= 4 is 11.6 Å². The highest BCUT2D eigenvalue weighted by molar-refractivity contribution is 5.92. The maximum absolute atomic E-state index is 12.7. The van der Waals surface area contributed by atoms with Crippen molar-refractivity contribution in [3.8, 4) is 0 Å². The lowest BCUT2D eigenvalue weighted by Gasteiger charge is -2.38. The summed E-state index contributed by atoms with van der Waals surface area (Å²) in [6.07, 6.45) is 5.96. The SMILES string of the molecule is Cc1ccc(N(C)C2COC3(CCN(C(=O)c4cnc(C)cn4)CC3)C2)cc1. The molecule has 2 aliphatic heterocycles. The molecule has 2 aromatic rings. The fraction of sp³-hybridized carbons (Fsp3) is 0.500. The molecule has 6 nitrogen and oxygen atoms in total. The van der Waals surface area contributed by atoms with E-state index in [0.29, 0.717) is 24.8 Å². The van der Waals surface area contributed by atoms with Crippen molar-refractivity contribution < 1.29 is 9.53 Å². The molecule has 0 saturated carbocycles. The molecule has 1 amide bonds. The monoisotopic (exact) mass is 380 g/mol. The van der Waals surface area contributed by atoms with E-state index in [0.717, 1.165) is 31.6 Å². The van der Waals surface area contributed by atoms with E-state index < -0.39 is 0 Å². The van der Waals surface area contributed by atoms with E-state index >= 15 is 0 Å². The fourth-order valence-corrected chi connectivity index (χ4v) is 4.19. The Balaban J connectivity index is 1.36. The first-order chi connectivity index (χ1) is 13.5. The summed E-state index contributed by atoms with van der Waals surface area (Å²) in [6.45, 7) is 6.12. The van der Waals surface area contributed by atoms with Gasteiger partial charge < -0.3 is 14.5 Å². The molecule has 4 rings (SSSR count). The van der Waals surface area contributed by atoms with Crippen molar-refractivity contribution in [3.63, 3.8) is 0 Å². The summed E-state index contributed by atoms with van der Waals surface area (Å²) in [5.74, 6) is -0.0336. The fourth-order valence-electron chi connectivity index (χ4n) is 4.19. The number of ether oxygens (including phenoxy) is 1. The van der Waals surface area contributed by atoms with Crippen LogP contribution in [0.3, 0.4) is 0 Å². The Kier molecular flexibility index (Phi) is 5.06. The lowest BCUT2D eigenvalue weighted by Crippen LogP contribution is -2.47. The number of hydrogen-bond acceptors (Lipinski definition) is 5. The number of piperidine rings is 1. The Morgan fingerprint density at radius 1 is 1.14 bits per heavy atom. The second-order valence-electron chi connectivity index (χ2n) is 8.13. The first-order valence-electron chi connectivity index (χ1n) is 9.97. The zero-order valence-corrected chi connectivity index (χ0v) is 16.9. The summed E-state index contributed by atoms with van der Waals surface area (Å²) in [6, 6.07) is 9.01. The molecule has 1 aromatic heterocycles. The van der Waals surface area contributed by atoms with Crippen LogP contribution in [0.2, 0.25) is 0 Å². The Morgan fingerprint density at radius 2 is 1.86 bits per heavy atom. The molecule has 0 aliphatic carbocycles. The number of anilines is 1. The maximum atomic E-state index is 12.7. The van der Waals surface area contributed by atoms with E-state index in [1.165, 1.54) is 11.3 Å². The largest absolute Gasteiger partial charge is 0.373 e. The van der Waals surface area contributed by atoms with Crippen LogP contribution in [0.25, 0.3) is 0 Å². The van der Waals surface area contributed by atoms with Crippen LogP contribution in [0.15, 0.2) is 36.7 Å². The number of aryl methyl sites for hydroxylation is 2. The van der Waals surface area contributed by atoms with Gasteiger partial charge in [-0.1, -0.05) is 17.7 Å². The first kappa shape index (κ1) is 18.9. The Bertz CT molecular complexity index is 827. The molecule has 2 fully saturated rings. The number of rotatable bonds is 3. The van der Waals surface area contributed by atoms with E-state index in [1.807, 2.05) is 11.8 Å². The second-order valence-corrected chi connectivity index (χ2v) is 8.13. The van der Waals surface area contributed by atoms with Crippen LogP contribution < -0.4 is 4.90 Å². The van der Waals surface area contributed by atoms with Crippen LogP contribution in [-0.2, 0) is 4.74 Å². The molecule has 2 aliphatic rings. The molecule has 1 spiro atoms. The summed E-state index contributed by atoms with van der Waals surface area (Å²) in [5, 5.41) is 0. The number of carbonyl (C=O) groups is 1. The third kappa shape index (κ3) is 3.74. The zero-order valence-electron chi connectivity index (χ0n) is 16.9. The van der Waals surface area contributed by atoms with Crippen molar-refractivity contribution in [2.45, 2.75) is 44.8 Å². The van der Waals surface area contributed by atoms with E-state index in [4.69, 9.17) is 4.74 Å². The smallest absolute Gasteiger partial charge is 0.274 e. The van der Waals surface area contributed by atoms with Gasteiger partial charge in [-0.05, 0) is 45.2 Å². The summed E-state index contributed by atoms with van der Waals surface area (Å²) >= 11 is 0. The van der Waals surface area contributed by atoms with E-state index in [9.17, 15) is 4.79 Å². The summed E-state index contributed by atoms with van der Waals surface area (Å²) in [4.78, 5) is 25.3. The lowest BCUT2D eigenvalue weighted by molar-refractivity contribution is -0.0389. The molecule has 1 aromatic carbocycles. The number of amides is 1. The Labute approximate surface area is 166 Å². The molecule has 0 N–H and O–H groups in total. The van der Waals surface area contributed by atoms with Gasteiger partial charge in [-0.3, -0.25) is 9.78 Å². The number of aromatic nitrogens is 2. The average Bonchev–Trinajstić information content (AvgIpc) is 3.12. The number of likely N-dealkylation sites (tertiary alicyclic amines) is 1. The van der Waals surface area contributed by atoms with Gasteiger partial charge in [0.2, 0.25) is 0 Å². The Hall–Kier alpha value is -2.47. The van der Waals surface area contributed by atoms with Gasteiger partial charge in [-0.15, -0.1) is 0 Å². The van der Waals surface area contributed by atoms with E-state index in [-0.39, 0.29) is 11.5 Å². The van der Waals surface area contributed by atoms with Gasteiger partial charge in [0, 0.05) is 32.0 Å². The molecule has 1 unspecified atom stereocenters. The van der Waals surface area contributed by atoms with Crippen molar-refractivity contribution in [1.29, 1.82) is 0 Å². The van der Waals surface area contributed by atoms with Gasteiger partial charge in [0.05, 0.1) is 30.1 Å². The standard InChI is InChI=1S/C22H28N4O2/c1-16-4-6-18(7-5-16)25(3)19-12-22(28-15-19)8-10-26(11-9-22)21(27)20-14-23-17(2)13-24-20/h4-7,13-14,19H,8-12,15H2,1-3H3. The number of hydrogen-bond donors (Lipinski definition) is 0. The van der Waals surface area contributed by atoms with Gasteiger partial charge in [0.25, 0.3) is 5.91 Å². The first-order valence-corrected chi connectivity index (χ1v) is 9.97. The van der Waals surface area contributed by atoms with Crippen LogP contribution in [-0.4, -0.2) is 59.2 Å². The summed E-state index contributed by atoms with van der Waals surface area (Å²) in [5.41, 5.74) is 3.62. The highest BCUT2D eigenvalue weighted by Crippen LogP contribution is 2.38. The molecule has 3 heterocycles. The average molecular weight is 380 g/mol. The number of nitrogens with zero attached hydrogens (tertiary/aromatic N) is 4. The van der Waals surface area contributed by atoms with Gasteiger partial charge in [-0.25, -0.2) is 4.98 Å². The van der Waals surface area contributed by atoms with Crippen molar-refractivity contribution in [2.75, 3.05) is 31.6 Å². The van der Waals surface area contributed by atoms with Crippen molar-refractivity contribution in [2.24, 2.45) is 0 Å². The van der Waals surface area contributed by atoms with Crippen LogP contribution in [0.5, 0.6) is 0 Å². The topological polar surface area (TPSA) is 58.6 Å². The van der Waals surface area contributed by atoms with Gasteiger partial charge in [0.1, 0.15) is 5.69 Å². The molecule has 6 heteroatoms. The Morgan fingerprint density at radius 3 is 2.50 bits per heavy atom. The third-order valence-corrected chi connectivity index (χ3v) is 6.14. The molecular weight excluding hydrogens is 352 g/mol. The molecule has 0 radical (unpaired) electrons.